The monoisotopic (exact) mass is 228 g/mol. The van der Waals surface area contributed by atoms with Crippen molar-refractivity contribution >= 4 is 0 Å². The minimum atomic E-state index is -0.266. The first kappa shape index (κ1) is 14.0. The van der Waals surface area contributed by atoms with Crippen molar-refractivity contribution < 1.29 is 9.47 Å². The van der Waals surface area contributed by atoms with Crippen LogP contribution in [-0.4, -0.2) is 19.0 Å². The van der Waals surface area contributed by atoms with Gasteiger partial charge in [-0.1, -0.05) is 46.0 Å². The highest BCUT2D eigenvalue weighted by Crippen LogP contribution is 2.25. The van der Waals surface area contributed by atoms with Gasteiger partial charge in [-0.2, -0.15) is 0 Å². The standard InChI is InChI=1S/C14H28O2/c1-13(2)9-7-5-4-6-8-10-14(3)15-11-12-16-14/h13H,4-12H2,1-3H3. The number of rotatable bonds is 8. The molecule has 0 atom stereocenters. The molecule has 0 radical (unpaired) electrons. The second-order valence-corrected chi connectivity index (χ2v) is 5.53. The van der Waals surface area contributed by atoms with Crippen molar-refractivity contribution in [2.75, 3.05) is 13.2 Å². The van der Waals surface area contributed by atoms with Gasteiger partial charge in [-0.3, -0.25) is 0 Å². The molecular weight excluding hydrogens is 200 g/mol. The lowest BCUT2D eigenvalue weighted by atomic mass is 10.0. The summed E-state index contributed by atoms with van der Waals surface area (Å²) in [5.41, 5.74) is 0. The van der Waals surface area contributed by atoms with Gasteiger partial charge in [0.25, 0.3) is 0 Å². The van der Waals surface area contributed by atoms with Gasteiger partial charge >= 0.3 is 0 Å². The zero-order chi connectivity index (χ0) is 11.9. The van der Waals surface area contributed by atoms with E-state index in [2.05, 4.69) is 20.8 Å². The molecule has 1 fully saturated rings. The summed E-state index contributed by atoms with van der Waals surface area (Å²) in [6.07, 6.45) is 9.13. The van der Waals surface area contributed by atoms with E-state index < -0.39 is 0 Å². The van der Waals surface area contributed by atoms with Crippen LogP contribution in [0.5, 0.6) is 0 Å². The predicted molar refractivity (Wildman–Crippen MR) is 67.5 cm³/mol. The lowest BCUT2D eigenvalue weighted by Crippen LogP contribution is -2.24. The average Bonchev–Trinajstić information content (AvgIpc) is 2.64. The van der Waals surface area contributed by atoms with E-state index in [1.807, 2.05) is 0 Å². The first-order valence-electron chi connectivity index (χ1n) is 6.90. The van der Waals surface area contributed by atoms with Crippen molar-refractivity contribution in [2.24, 2.45) is 5.92 Å². The van der Waals surface area contributed by atoms with Crippen LogP contribution >= 0.6 is 0 Å². The minimum absolute atomic E-state index is 0.266. The Balaban J connectivity index is 1.88. The van der Waals surface area contributed by atoms with Crippen LogP contribution < -0.4 is 0 Å². The largest absolute Gasteiger partial charge is 0.348 e. The smallest absolute Gasteiger partial charge is 0.165 e. The van der Waals surface area contributed by atoms with Crippen molar-refractivity contribution in [3.05, 3.63) is 0 Å². The molecule has 0 aromatic carbocycles. The van der Waals surface area contributed by atoms with E-state index >= 15 is 0 Å². The predicted octanol–water partition coefficient (Wildman–Crippen LogP) is 4.14. The molecule has 1 rings (SSSR count). The van der Waals surface area contributed by atoms with Gasteiger partial charge in [-0.25, -0.2) is 0 Å². The maximum absolute atomic E-state index is 5.58. The summed E-state index contributed by atoms with van der Waals surface area (Å²) in [4.78, 5) is 0. The summed E-state index contributed by atoms with van der Waals surface area (Å²) in [6, 6.07) is 0. The third-order valence-electron chi connectivity index (χ3n) is 3.31. The Labute approximate surface area is 101 Å². The Kier molecular flexibility index (Phi) is 6.37. The van der Waals surface area contributed by atoms with E-state index in [4.69, 9.17) is 9.47 Å². The van der Waals surface area contributed by atoms with E-state index in [0.717, 1.165) is 25.6 Å². The van der Waals surface area contributed by atoms with Gasteiger partial charge in [0, 0.05) is 6.42 Å². The molecule has 0 amide bonds. The highest BCUT2D eigenvalue weighted by atomic mass is 16.7. The Hall–Kier alpha value is -0.0800. The van der Waals surface area contributed by atoms with Crippen molar-refractivity contribution in [3.63, 3.8) is 0 Å². The fourth-order valence-corrected chi connectivity index (χ4v) is 2.23. The van der Waals surface area contributed by atoms with Crippen LogP contribution in [0.4, 0.5) is 0 Å². The summed E-state index contributed by atoms with van der Waals surface area (Å²) < 4.78 is 11.2. The molecule has 16 heavy (non-hydrogen) atoms. The molecule has 1 aliphatic heterocycles. The number of hydrogen-bond acceptors (Lipinski definition) is 2. The summed E-state index contributed by atoms with van der Waals surface area (Å²) in [7, 11) is 0. The summed E-state index contributed by atoms with van der Waals surface area (Å²) in [5.74, 6) is 0.594. The number of hydrogen-bond donors (Lipinski definition) is 0. The Morgan fingerprint density at radius 1 is 0.938 bits per heavy atom. The van der Waals surface area contributed by atoms with Crippen molar-refractivity contribution in [2.45, 2.75) is 71.5 Å². The normalized spacial score (nSPS) is 19.5. The fraction of sp³-hybridized carbons (Fsp3) is 1.00. The third-order valence-corrected chi connectivity index (χ3v) is 3.31. The molecule has 1 aliphatic rings. The molecule has 1 heterocycles. The van der Waals surface area contributed by atoms with Crippen LogP contribution in [0.1, 0.15) is 65.7 Å². The maximum atomic E-state index is 5.58. The number of unbranched alkanes of at least 4 members (excludes halogenated alkanes) is 4. The molecule has 2 nitrogen and oxygen atoms in total. The maximum Gasteiger partial charge on any atom is 0.165 e. The van der Waals surface area contributed by atoms with Gasteiger partial charge < -0.3 is 9.47 Å². The molecule has 0 saturated carbocycles. The summed E-state index contributed by atoms with van der Waals surface area (Å²) in [6.45, 7) is 8.21. The van der Waals surface area contributed by atoms with Crippen LogP contribution in [0.2, 0.25) is 0 Å². The molecule has 1 saturated heterocycles. The van der Waals surface area contributed by atoms with E-state index in [9.17, 15) is 0 Å². The molecule has 96 valence electrons. The SMILES string of the molecule is CC(C)CCCCCCCC1(C)OCCO1. The lowest BCUT2D eigenvalue weighted by molar-refractivity contribution is -0.147. The average molecular weight is 228 g/mol. The van der Waals surface area contributed by atoms with E-state index in [1.54, 1.807) is 0 Å². The van der Waals surface area contributed by atoms with E-state index in [1.165, 1.54) is 38.5 Å². The molecule has 0 spiro atoms. The molecule has 0 bridgehead atoms. The van der Waals surface area contributed by atoms with E-state index in [-0.39, 0.29) is 5.79 Å². The highest BCUT2D eigenvalue weighted by molar-refractivity contribution is 4.67. The van der Waals surface area contributed by atoms with Gasteiger partial charge in [0.15, 0.2) is 5.79 Å². The Morgan fingerprint density at radius 3 is 2.12 bits per heavy atom. The summed E-state index contributed by atoms with van der Waals surface area (Å²) >= 11 is 0. The van der Waals surface area contributed by atoms with Gasteiger partial charge in [0.05, 0.1) is 13.2 Å². The second-order valence-electron chi connectivity index (χ2n) is 5.53. The molecule has 0 aliphatic carbocycles. The third kappa shape index (κ3) is 5.86. The van der Waals surface area contributed by atoms with Crippen LogP contribution in [-0.2, 0) is 9.47 Å². The Morgan fingerprint density at radius 2 is 1.50 bits per heavy atom. The zero-order valence-electron chi connectivity index (χ0n) is 11.3. The van der Waals surface area contributed by atoms with Gasteiger partial charge in [0.1, 0.15) is 0 Å². The molecular formula is C14H28O2. The lowest BCUT2D eigenvalue weighted by Gasteiger charge is -2.21. The zero-order valence-corrected chi connectivity index (χ0v) is 11.3. The first-order chi connectivity index (χ1) is 7.62. The van der Waals surface area contributed by atoms with Crippen molar-refractivity contribution in [1.82, 2.24) is 0 Å². The van der Waals surface area contributed by atoms with Crippen LogP contribution in [0.25, 0.3) is 0 Å². The van der Waals surface area contributed by atoms with Gasteiger partial charge in [-0.05, 0) is 19.3 Å². The fourth-order valence-electron chi connectivity index (χ4n) is 2.23. The van der Waals surface area contributed by atoms with Crippen LogP contribution in [0, 0.1) is 5.92 Å². The van der Waals surface area contributed by atoms with Crippen molar-refractivity contribution in [1.29, 1.82) is 0 Å². The second kappa shape index (κ2) is 7.29. The topological polar surface area (TPSA) is 18.5 Å². The molecule has 0 aromatic heterocycles. The van der Waals surface area contributed by atoms with Crippen LogP contribution in [0.15, 0.2) is 0 Å². The quantitative estimate of drug-likeness (QED) is 0.581. The van der Waals surface area contributed by atoms with Crippen LogP contribution in [0.3, 0.4) is 0 Å². The molecule has 0 N–H and O–H groups in total. The molecule has 0 unspecified atom stereocenters. The first-order valence-corrected chi connectivity index (χ1v) is 6.90. The number of ether oxygens (including phenoxy) is 2. The van der Waals surface area contributed by atoms with Gasteiger partial charge in [-0.15, -0.1) is 0 Å². The Bertz CT molecular complexity index is 172. The van der Waals surface area contributed by atoms with Gasteiger partial charge in [0.2, 0.25) is 0 Å². The van der Waals surface area contributed by atoms with Crippen molar-refractivity contribution in [3.8, 4) is 0 Å². The highest BCUT2D eigenvalue weighted by Gasteiger charge is 2.29. The molecule has 2 heteroatoms. The molecule has 0 aromatic rings. The minimum Gasteiger partial charge on any atom is -0.348 e. The van der Waals surface area contributed by atoms with E-state index in [0.29, 0.717) is 0 Å². The summed E-state index contributed by atoms with van der Waals surface area (Å²) in [5, 5.41) is 0.